The number of carbonyl (C=O) groups is 1. The lowest BCUT2D eigenvalue weighted by molar-refractivity contribution is -0.117. The summed E-state index contributed by atoms with van der Waals surface area (Å²) >= 11 is 0. The van der Waals surface area contributed by atoms with Crippen molar-refractivity contribution in [1.29, 1.82) is 0 Å². The Hall–Kier alpha value is -1.58. The van der Waals surface area contributed by atoms with Crippen LogP contribution >= 0.6 is 0 Å². The van der Waals surface area contributed by atoms with E-state index in [1.165, 1.54) is 6.42 Å². The second kappa shape index (κ2) is 4.96. The van der Waals surface area contributed by atoms with Gasteiger partial charge in [0, 0.05) is 30.9 Å². The second-order valence-corrected chi connectivity index (χ2v) is 5.89. The van der Waals surface area contributed by atoms with Crippen LogP contribution in [0.5, 0.6) is 0 Å². The van der Waals surface area contributed by atoms with Crippen molar-refractivity contribution >= 4 is 12.0 Å². The summed E-state index contributed by atoms with van der Waals surface area (Å²) in [5.74, 6) is -0.0125. The van der Waals surface area contributed by atoms with Gasteiger partial charge in [-0.15, -0.1) is 0 Å². The van der Waals surface area contributed by atoms with Crippen molar-refractivity contribution in [2.24, 2.45) is 12.5 Å². The Labute approximate surface area is 108 Å². The van der Waals surface area contributed by atoms with Gasteiger partial charge in [-0.1, -0.05) is 13.8 Å². The minimum absolute atomic E-state index is 0.0125. The predicted octanol–water partition coefficient (Wildman–Crippen LogP) is 2.13. The maximum absolute atomic E-state index is 11.8. The van der Waals surface area contributed by atoms with Crippen molar-refractivity contribution in [2.45, 2.75) is 39.2 Å². The highest BCUT2D eigenvalue weighted by Crippen LogP contribution is 2.36. The zero-order chi connectivity index (χ0) is 13.2. The molecule has 18 heavy (non-hydrogen) atoms. The average molecular weight is 247 g/mol. The summed E-state index contributed by atoms with van der Waals surface area (Å²) in [4.78, 5) is 11.8. The summed E-state index contributed by atoms with van der Waals surface area (Å²) in [6, 6.07) is 0.325. The molecule has 0 aromatic carbocycles. The Morgan fingerprint density at radius 1 is 1.61 bits per heavy atom. The third-order valence-corrected chi connectivity index (χ3v) is 3.47. The van der Waals surface area contributed by atoms with Gasteiger partial charge in [0.1, 0.15) is 0 Å². The van der Waals surface area contributed by atoms with Gasteiger partial charge in [-0.2, -0.15) is 5.10 Å². The smallest absolute Gasteiger partial charge is 0.244 e. The number of rotatable bonds is 3. The number of aryl methyl sites for hydroxylation is 1. The van der Waals surface area contributed by atoms with Crippen LogP contribution in [0.3, 0.4) is 0 Å². The fourth-order valence-electron chi connectivity index (χ4n) is 2.51. The molecule has 1 aliphatic carbocycles. The zero-order valence-electron chi connectivity index (χ0n) is 11.3. The summed E-state index contributed by atoms with van der Waals surface area (Å²) in [5.41, 5.74) is 1.31. The minimum Gasteiger partial charge on any atom is -0.350 e. The van der Waals surface area contributed by atoms with Crippen LogP contribution in [0, 0.1) is 5.41 Å². The number of amides is 1. The van der Waals surface area contributed by atoms with Crippen molar-refractivity contribution in [2.75, 3.05) is 0 Å². The number of hydrogen-bond acceptors (Lipinski definition) is 2. The van der Waals surface area contributed by atoms with Gasteiger partial charge in [0.2, 0.25) is 5.91 Å². The van der Waals surface area contributed by atoms with Crippen LogP contribution < -0.4 is 5.32 Å². The standard InChI is InChI=1S/C14H21N3O/c1-14(2)7-6-12(8-14)16-13(18)5-4-11-9-15-17(3)10-11/h4-5,9-10,12H,6-8H2,1-3H3,(H,16,18)/b5-4+. The van der Waals surface area contributed by atoms with Gasteiger partial charge < -0.3 is 5.32 Å². The Bertz CT molecular complexity index is 459. The molecule has 4 heteroatoms. The summed E-state index contributed by atoms with van der Waals surface area (Å²) in [6.45, 7) is 4.51. The topological polar surface area (TPSA) is 46.9 Å². The van der Waals surface area contributed by atoms with E-state index >= 15 is 0 Å². The van der Waals surface area contributed by atoms with Crippen LogP contribution in [-0.2, 0) is 11.8 Å². The van der Waals surface area contributed by atoms with E-state index in [9.17, 15) is 4.79 Å². The molecular weight excluding hydrogens is 226 g/mol. The van der Waals surface area contributed by atoms with E-state index in [0.717, 1.165) is 18.4 Å². The Morgan fingerprint density at radius 2 is 2.39 bits per heavy atom. The summed E-state index contributed by atoms with van der Waals surface area (Å²) < 4.78 is 1.72. The third kappa shape index (κ3) is 3.45. The van der Waals surface area contributed by atoms with Crippen molar-refractivity contribution in [3.63, 3.8) is 0 Å². The number of aromatic nitrogens is 2. The molecule has 2 rings (SSSR count). The van der Waals surface area contributed by atoms with Crippen molar-refractivity contribution in [3.8, 4) is 0 Å². The van der Waals surface area contributed by atoms with E-state index in [-0.39, 0.29) is 5.91 Å². The highest BCUT2D eigenvalue weighted by atomic mass is 16.1. The van der Waals surface area contributed by atoms with Gasteiger partial charge in [-0.05, 0) is 30.8 Å². The summed E-state index contributed by atoms with van der Waals surface area (Å²) in [5, 5.41) is 7.11. The van der Waals surface area contributed by atoms with E-state index in [2.05, 4.69) is 24.3 Å². The molecule has 1 aromatic heterocycles. The molecule has 0 radical (unpaired) electrons. The quantitative estimate of drug-likeness (QED) is 0.832. The molecule has 1 amide bonds. The molecule has 1 aromatic rings. The first-order valence-corrected chi connectivity index (χ1v) is 6.42. The van der Waals surface area contributed by atoms with E-state index in [0.29, 0.717) is 11.5 Å². The van der Waals surface area contributed by atoms with Gasteiger partial charge in [0.25, 0.3) is 0 Å². The molecule has 1 heterocycles. The molecule has 0 aliphatic heterocycles. The first-order chi connectivity index (χ1) is 8.44. The molecular formula is C14H21N3O. The van der Waals surface area contributed by atoms with Crippen LogP contribution in [0.2, 0.25) is 0 Å². The first kappa shape index (κ1) is 12.9. The van der Waals surface area contributed by atoms with E-state index in [1.54, 1.807) is 23.0 Å². The van der Waals surface area contributed by atoms with E-state index in [1.807, 2.05) is 13.2 Å². The molecule has 1 fully saturated rings. The molecule has 1 aliphatic rings. The Morgan fingerprint density at radius 3 is 2.94 bits per heavy atom. The molecule has 1 N–H and O–H groups in total. The lowest BCUT2D eigenvalue weighted by Gasteiger charge is -2.17. The average Bonchev–Trinajstić information content (AvgIpc) is 2.82. The van der Waals surface area contributed by atoms with Crippen molar-refractivity contribution in [3.05, 3.63) is 24.0 Å². The maximum Gasteiger partial charge on any atom is 0.244 e. The fraction of sp³-hybridized carbons (Fsp3) is 0.571. The highest BCUT2D eigenvalue weighted by Gasteiger charge is 2.31. The predicted molar refractivity (Wildman–Crippen MR) is 71.8 cm³/mol. The van der Waals surface area contributed by atoms with Gasteiger partial charge in [0.15, 0.2) is 0 Å². The summed E-state index contributed by atoms with van der Waals surface area (Å²) in [7, 11) is 1.86. The van der Waals surface area contributed by atoms with Gasteiger partial charge in [-0.25, -0.2) is 0 Å². The van der Waals surface area contributed by atoms with Gasteiger partial charge in [-0.3, -0.25) is 9.48 Å². The van der Waals surface area contributed by atoms with Crippen molar-refractivity contribution in [1.82, 2.24) is 15.1 Å². The molecule has 98 valence electrons. The molecule has 1 saturated carbocycles. The van der Waals surface area contributed by atoms with Crippen molar-refractivity contribution < 1.29 is 4.79 Å². The van der Waals surface area contributed by atoms with Crippen LogP contribution in [0.4, 0.5) is 0 Å². The fourth-order valence-corrected chi connectivity index (χ4v) is 2.51. The van der Waals surface area contributed by atoms with Crippen LogP contribution in [-0.4, -0.2) is 21.7 Å². The third-order valence-electron chi connectivity index (χ3n) is 3.47. The molecule has 4 nitrogen and oxygen atoms in total. The number of nitrogens with zero attached hydrogens (tertiary/aromatic N) is 2. The molecule has 0 saturated heterocycles. The minimum atomic E-state index is -0.0125. The second-order valence-electron chi connectivity index (χ2n) is 5.89. The number of hydrogen-bond donors (Lipinski definition) is 1. The lowest BCUT2D eigenvalue weighted by Crippen LogP contribution is -2.32. The normalized spacial score (nSPS) is 22.5. The largest absolute Gasteiger partial charge is 0.350 e. The Balaban J connectivity index is 1.84. The Kier molecular flexibility index (Phi) is 3.55. The highest BCUT2D eigenvalue weighted by molar-refractivity contribution is 5.91. The molecule has 0 bridgehead atoms. The maximum atomic E-state index is 11.8. The van der Waals surface area contributed by atoms with E-state index < -0.39 is 0 Å². The molecule has 1 unspecified atom stereocenters. The lowest BCUT2D eigenvalue weighted by atomic mass is 9.92. The first-order valence-electron chi connectivity index (χ1n) is 6.42. The van der Waals surface area contributed by atoms with Crippen LogP contribution in [0.15, 0.2) is 18.5 Å². The van der Waals surface area contributed by atoms with Gasteiger partial charge in [0.05, 0.1) is 6.20 Å². The monoisotopic (exact) mass is 247 g/mol. The van der Waals surface area contributed by atoms with E-state index in [4.69, 9.17) is 0 Å². The molecule has 0 spiro atoms. The molecule has 1 atom stereocenters. The number of nitrogens with one attached hydrogen (secondary N) is 1. The van der Waals surface area contributed by atoms with Crippen LogP contribution in [0.25, 0.3) is 6.08 Å². The zero-order valence-corrected chi connectivity index (χ0v) is 11.3. The summed E-state index contributed by atoms with van der Waals surface area (Å²) in [6.07, 6.45) is 10.3. The van der Waals surface area contributed by atoms with Gasteiger partial charge >= 0.3 is 0 Å². The number of carbonyl (C=O) groups excluding carboxylic acids is 1. The SMILES string of the molecule is Cn1cc(/C=C/C(=O)NC2CCC(C)(C)C2)cn1. The van der Waals surface area contributed by atoms with Crippen LogP contribution in [0.1, 0.15) is 38.7 Å².